The van der Waals surface area contributed by atoms with E-state index in [1.165, 1.54) is 34.8 Å². The zero-order chi connectivity index (χ0) is 26.0. The van der Waals surface area contributed by atoms with Crippen molar-refractivity contribution in [2.45, 2.75) is 13.0 Å². The first-order valence-electron chi connectivity index (χ1n) is 10.6. The molecule has 36 heavy (non-hydrogen) atoms. The number of methoxy groups -OCH3 is 1. The van der Waals surface area contributed by atoms with Crippen molar-refractivity contribution in [3.63, 3.8) is 0 Å². The number of hydrogen-bond donors (Lipinski definition) is 0. The van der Waals surface area contributed by atoms with Gasteiger partial charge in [-0.2, -0.15) is 4.99 Å². The van der Waals surface area contributed by atoms with Crippen LogP contribution in [0.1, 0.15) is 5.56 Å². The van der Waals surface area contributed by atoms with Crippen LogP contribution in [0.3, 0.4) is 0 Å². The van der Waals surface area contributed by atoms with Crippen molar-refractivity contribution in [1.29, 1.82) is 0 Å². The van der Waals surface area contributed by atoms with E-state index in [9.17, 15) is 32.9 Å². The maximum absolute atomic E-state index is 12.7. The maximum Gasteiger partial charge on any atom is 0.325 e. The Kier molecular flexibility index (Phi) is 6.99. The van der Waals surface area contributed by atoms with Crippen LogP contribution in [-0.4, -0.2) is 60.9 Å². The monoisotopic (exact) mass is 532 g/mol. The summed E-state index contributed by atoms with van der Waals surface area (Å²) in [4.78, 5) is 52.9. The lowest BCUT2D eigenvalue weighted by molar-refractivity contribution is -0.384. The third kappa shape index (κ3) is 5.33. The highest BCUT2D eigenvalue weighted by molar-refractivity contribution is 7.92. The summed E-state index contributed by atoms with van der Waals surface area (Å²) in [6.45, 7) is 0.00744. The number of esters is 1. The highest BCUT2D eigenvalue weighted by Gasteiger charge is 2.29. The number of nitro groups is 1. The summed E-state index contributed by atoms with van der Waals surface area (Å²) in [5.41, 5.74) is 1.77. The minimum Gasteiger partial charge on any atom is -0.468 e. The molecule has 0 saturated heterocycles. The van der Waals surface area contributed by atoms with Gasteiger partial charge in [-0.15, -0.1) is 0 Å². The van der Waals surface area contributed by atoms with Crippen molar-refractivity contribution in [3.8, 4) is 0 Å². The Morgan fingerprint density at radius 3 is 2.64 bits per heavy atom. The fourth-order valence-electron chi connectivity index (χ4n) is 3.85. The van der Waals surface area contributed by atoms with E-state index in [1.54, 1.807) is 12.1 Å². The molecule has 2 amide bonds. The fraction of sp³-hybridized carbons (Fsp3) is 0.273. The summed E-state index contributed by atoms with van der Waals surface area (Å²) < 4.78 is 31.6. The van der Waals surface area contributed by atoms with Crippen molar-refractivity contribution in [1.82, 2.24) is 4.57 Å². The SMILES string of the molecule is COC(=O)Cn1c(=NC(=O)CS(=O)(=O)CC(=O)N2CCc3ccccc32)sc2cc([N+](=O)[O-])ccc21. The number of aromatic nitrogens is 1. The number of carbonyl (C=O) groups excluding carboxylic acids is 3. The van der Waals surface area contributed by atoms with E-state index in [0.717, 1.165) is 16.9 Å². The van der Waals surface area contributed by atoms with Gasteiger partial charge in [0.1, 0.15) is 18.1 Å². The Bertz CT molecular complexity index is 1570. The second-order valence-electron chi connectivity index (χ2n) is 7.92. The molecular formula is C22H20N4O8S2. The van der Waals surface area contributed by atoms with Crippen LogP contribution in [-0.2, 0) is 41.9 Å². The number of ether oxygens (including phenoxy) is 1. The number of sulfone groups is 1. The molecule has 4 rings (SSSR count). The quantitative estimate of drug-likeness (QED) is 0.250. The molecule has 1 aromatic heterocycles. The maximum atomic E-state index is 12.7. The van der Waals surface area contributed by atoms with Crippen LogP contribution in [0.5, 0.6) is 0 Å². The van der Waals surface area contributed by atoms with Crippen molar-refractivity contribution < 1.29 is 32.5 Å². The molecule has 0 aliphatic carbocycles. The largest absolute Gasteiger partial charge is 0.468 e. The second-order valence-corrected chi connectivity index (χ2v) is 11.0. The van der Waals surface area contributed by atoms with Gasteiger partial charge in [0.25, 0.3) is 11.6 Å². The fourth-order valence-corrected chi connectivity index (χ4v) is 6.00. The summed E-state index contributed by atoms with van der Waals surface area (Å²) in [5, 5.41) is 11.1. The van der Waals surface area contributed by atoms with Gasteiger partial charge in [0, 0.05) is 24.4 Å². The third-order valence-electron chi connectivity index (χ3n) is 5.49. The number of rotatable bonds is 7. The number of para-hydroxylation sites is 1. The Hall–Kier alpha value is -3.91. The Morgan fingerprint density at radius 1 is 1.17 bits per heavy atom. The summed E-state index contributed by atoms with van der Waals surface area (Å²) in [6.07, 6.45) is 0.612. The zero-order valence-corrected chi connectivity index (χ0v) is 20.6. The molecule has 0 atom stereocenters. The molecule has 14 heteroatoms. The first-order chi connectivity index (χ1) is 17.1. The van der Waals surface area contributed by atoms with Crippen LogP contribution in [0.2, 0.25) is 0 Å². The molecule has 0 saturated carbocycles. The summed E-state index contributed by atoms with van der Waals surface area (Å²) in [7, 11) is -2.98. The highest BCUT2D eigenvalue weighted by atomic mass is 32.2. The highest BCUT2D eigenvalue weighted by Crippen LogP contribution is 2.27. The van der Waals surface area contributed by atoms with Crippen LogP contribution >= 0.6 is 11.3 Å². The molecule has 0 unspecified atom stereocenters. The molecular weight excluding hydrogens is 512 g/mol. The van der Waals surface area contributed by atoms with Gasteiger partial charge in [-0.05, 0) is 24.1 Å². The van der Waals surface area contributed by atoms with E-state index >= 15 is 0 Å². The van der Waals surface area contributed by atoms with E-state index in [1.807, 2.05) is 12.1 Å². The zero-order valence-electron chi connectivity index (χ0n) is 18.9. The molecule has 1 aliphatic rings. The van der Waals surface area contributed by atoms with Crippen LogP contribution in [0, 0.1) is 10.1 Å². The van der Waals surface area contributed by atoms with Gasteiger partial charge in [0.15, 0.2) is 14.6 Å². The van der Waals surface area contributed by atoms with Crippen molar-refractivity contribution in [3.05, 3.63) is 62.9 Å². The average Bonchev–Trinajstić information content (AvgIpc) is 3.39. The number of anilines is 1. The molecule has 0 fully saturated rings. The number of nitro benzene ring substituents is 1. The van der Waals surface area contributed by atoms with Crippen LogP contribution in [0.15, 0.2) is 47.5 Å². The Labute approximate surface area is 208 Å². The molecule has 12 nitrogen and oxygen atoms in total. The molecule has 0 N–H and O–H groups in total. The first kappa shape index (κ1) is 25.2. The summed E-state index contributed by atoms with van der Waals surface area (Å²) in [5.74, 6) is -4.21. The predicted octanol–water partition coefficient (Wildman–Crippen LogP) is 1.22. The van der Waals surface area contributed by atoms with Gasteiger partial charge < -0.3 is 14.2 Å². The van der Waals surface area contributed by atoms with Gasteiger partial charge in [-0.3, -0.25) is 24.5 Å². The molecule has 0 radical (unpaired) electrons. The number of amides is 2. The minimum absolute atomic E-state index is 0.0316. The molecule has 1 aliphatic heterocycles. The van der Waals surface area contributed by atoms with Crippen LogP contribution < -0.4 is 9.70 Å². The Balaban J connectivity index is 1.58. The van der Waals surface area contributed by atoms with Gasteiger partial charge >= 0.3 is 5.97 Å². The van der Waals surface area contributed by atoms with E-state index in [2.05, 4.69) is 9.73 Å². The number of hydrogen-bond acceptors (Lipinski definition) is 9. The molecule has 2 heterocycles. The van der Waals surface area contributed by atoms with Gasteiger partial charge in [-0.25, -0.2) is 8.42 Å². The number of fused-ring (bicyclic) bond motifs is 2. The van der Waals surface area contributed by atoms with E-state index < -0.39 is 44.0 Å². The number of non-ortho nitro benzene ring substituents is 1. The van der Waals surface area contributed by atoms with E-state index in [0.29, 0.717) is 28.9 Å². The smallest absolute Gasteiger partial charge is 0.325 e. The number of carbonyl (C=O) groups is 3. The topological polar surface area (TPSA) is 158 Å². The van der Waals surface area contributed by atoms with Crippen LogP contribution in [0.25, 0.3) is 10.2 Å². The van der Waals surface area contributed by atoms with E-state index in [-0.39, 0.29) is 17.0 Å². The van der Waals surface area contributed by atoms with Crippen molar-refractivity contribution in [2.24, 2.45) is 4.99 Å². The number of benzene rings is 2. The lowest BCUT2D eigenvalue weighted by Gasteiger charge is -2.17. The Morgan fingerprint density at radius 2 is 1.92 bits per heavy atom. The van der Waals surface area contributed by atoms with Gasteiger partial charge in [-0.1, -0.05) is 29.5 Å². The number of nitrogens with zero attached hydrogens (tertiary/aromatic N) is 4. The minimum atomic E-state index is -4.15. The molecule has 0 bridgehead atoms. The van der Waals surface area contributed by atoms with Gasteiger partial charge in [0.2, 0.25) is 5.91 Å². The van der Waals surface area contributed by atoms with Crippen LogP contribution in [0.4, 0.5) is 11.4 Å². The lowest BCUT2D eigenvalue weighted by atomic mass is 10.2. The van der Waals surface area contributed by atoms with Crippen molar-refractivity contribution in [2.75, 3.05) is 30.1 Å². The van der Waals surface area contributed by atoms with Crippen molar-refractivity contribution >= 4 is 60.5 Å². The van der Waals surface area contributed by atoms with E-state index in [4.69, 9.17) is 0 Å². The molecule has 3 aromatic rings. The molecule has 0 spiro atoms. The summed E-state index contributed by atoms with van der Waals surface area (Å²) >= 11 is 0.882. The first-order valence-corrected chi connectivity index (χ1v) is 13.2. The standard InChI is InChI=1S/C22H20N4O8S2/c1-34-21(29)11-25-17-7-6-15(26(30)31)10-18(17)35-22(25)23-19(27)12-36(32,33)13-20(28)24-9-8-14-4-2-3-5-16(14)24/h2-7,10H,8-9,11-13H2,1H3. The average molecular weight is 533 g/mol. The third-order valence-corrected chi connectivity index (χ3v) is 7.90. The predicted molar refractivity (Wildman–Crippen MR) is 130 cm³/mol. The second kappa shape index (κ2) is 9.99. The molecule has 188 valence electrons. The lowest BCUT2D eigenvalue weighted by Crippen LogP contribution is -2.36. The van der Waals surface area contributed by atoms with Gasteiger partial charge in [0.05, 0.1) is 22.2 Å². The normalized spacial score (nSPS) is 13.6. The molecule has 2 aromatic carbocycles. The summed E-state index contributed by atoms with van der Waals surface area (Å²) in [6, 6.07) is 11.1. The number of thiazole rings is 1.